The predicted molar refractivity (Wildman–Crippen MR) is 111 cm³/mol. The number of nitrogens with one attached hydrogen (secondary N) is 1. The highest BCUT2D eigenvalue weighted by Crippen LogP contribution is 2.37. The van der Waals surface area contributed by atoms with Crippen LogP contribution in [0.15, 0.2) is 34.9 Å². The van der Waals surface area contributed by atoms with Gasteiger partial charge in [0.25, 0.3) is 5.91 Å². The number of aromatic nitrogens is 1. The molecule has 0 spiro atoms. The van der Waals surface area contributed by atoms with Crippen molar-refractivity contribution in [2.75, 3.05) is 11.9 Å². The monoisotopic (exact) mass is 421 g/mol. The fraction of sp³-hybridized carbons (Fsp3) is 0.273. The molecule has 0 aliphatic heterocycles. The number of hydrogen-bond acceptors (Lipinski definition) is 7. The molecule has 30 heavy (non-hydrogen) atoms. The van der Waals surface area contributed by atoms with E-state index in [1.54, 1.807) is 6.92 Å². The molecule has 0 radical (unpaired) electrons. The molecule has 152 valence electrons. The van der Waals surface area contributed by atoms with Gasteiger partial charge < -0.3 is 14.6 Å². The number of amides is 1. The second-order valence-corrected chi connectivity index (χ2v) is 8.08. The summed E-state index contributed by atoms with van der Waals surface area (Å²) < 4.78 is 10.4. The standard InChI is InChI=1S/C22H19N3O4S/c1-13-19(20(25-29-13)14-7-3-2-4-8-14)22(27)28-12-18(26)24-21-16(11-23)15-9-5-6-10-17(15)30-21/h2-4,7-8H,5-6,9-10,12H2,1H3,(H,24,26). The van der Waals surface area contributed by atoms with E-state index in [0.29, 0.717) is 27.6 Å². The Morgan fingerprint density at radius 1 is 1.27 bits per heavy atom. The van der Waals surface area contributed by atoms with Gasteiger partial charge in [0, 0.05) is 10.4 Å². The van der Waals surface area contributed by atoms with Gasteiger partial charge in [-0.3, -0.25) is 4.79 Å². The molecule has 1 N–H and O–H groups in total. The molecule has 0 saturated heterocycles. The normalized spacial score (nSPS) is 12.7. The van der Waals surface area contributed by atoms with E-state index in [2.05, 4.69) is 16.5 Å². The topological polar surface area (TPSA) is 105 Å². The first kappa shape index (κ1) is 19.9. The number of esters is 1. The van der Waals surface area contributed by atoms with Crippen LogP contribution >= 0.6 is 11.3 Å². The van der Waals surface area contributed by atoms with Gasteiger partial charge in [0.05, 0.1) is 5.56 Å². The third-order valence-electron chi connectivity index (χ3n) is 4.98. The second kappa shape index (κ2) is 8.51. The average molecular weight is 421 g/mol. The van der Waals surface area contributed by atoms with Crippen molar-refractivity contribution in [2.24, 2.45) is 0 Å². The Hall–Kier alpha value is -3.44. The Balaban J connectivity index is 1.45. The minimum atomic E-state index is -0.686. The van der Waals surface area contributed by atoms with Crippen LogP contribution in [0, 0.1) is 18.3 Å². The van der Waals surface area contributed by atoms with Gasteiger partial charge in [-0.2, -0.15) is 5.26 Å². The Morgan fingerprint density at radius 3 is 2.80 bits per heavy atom. The SMILES string of the molecule is Cc1onc(-c2ccccc2)c1C(=O)OCC(=O)Nc1sc2c(c1C#N)CCCC2. The Labute approximate surface area is 177 Å². The first-order valence-electron chi connectivity index (χ1n) is 9.61. The largest absolute Gasteiger partial charge is 0.452 e. The van der Waals surface area contributed by atoms with E-state index in [1.165, 1.54) is 11.3 Å². The summed E-state index contributed by atoms with van der Waals surface area (Å²) >= 11 is 1.43. The van der Waals surface area contributed by atoms with Crippen molar-refractivity contribution in [3.63, 3.8) is 0 Å². The molecule has 0 saturated carbocycles. The number of ether oxygens (including phenoxy) is 1. The van der Waals surface area contributed by atoms with E-state index in [1.807, 2.05) is 30.3 Å². The van der Waals surface area contributed by atoms with Crippen LogP contribution in [0.4, 0.5) is 5.00 Å². The molecule has 0 bridgehead atoms. The van der Waals surface area contributed by atoms with E-state index < -0.39 is 18.5 Å². The lowest BCUT2D eigenvalue weighted by Crippen LogP contribution is -2.21. The number of carbonyl (C=O) groups excluding carboxylic acids is 2. The van der Waals surface area contributed by atoms with Crippen LogP contribution in [0.5, 0.6) is 0 Å². The lowest BCUT2D eigenvalue weighted by Gasteiger charge is -2.09. The molecule has 1 aromatic carbocycles. The number of thiophene rings is 1. The summed E-state index contributed by atoms with van der Waals surface area (Å²) in [7, 11) is 0. The number of aryl methyl sites for hydroxylation is 2. The number of nitriles is 1. The number of hydrogen-bond donors (Lipinski definition) is 1. The smallest absolute Gasteiger partial charge is 0.344 e. The fourth-order valence-corrected chi connectivity index (χ4v) is 4.80. The van der Waals surface area contributed by atoms with Gasteiger partial charge in [-0.15, -0.1) is 11.3 Å². The van der Waals surface area contributed by atoms with Crippen LogP contribution in [-0.2, 0) is 22.4 Å². The molecule has 7 nitrogen and oxygen atoms in total. The maximum Gasteiger partial charge on any atom is 0.344 e. The predicted octanol–water partition coefficient (Wildman–Crippen LogP) is 4.26. The summed E-state index contributed by atoms with van der Waals surface area (Å²) in [4.78, 5) is 26.1. The Bertz CT molecular complexity index is 1140. The molecular formula is C22H19N3O4S. The maximum atomic E-state index is 12.6. The van der Waals surface area contributed by atoms with E-state index in [4.69, 9.17) is 9.26 Å². The Morgan fingerprint density at radius 2 is 2.03 bits per heavy atom. The van der Waals surface area contributed by atoms with E-state index in [-0.39, 0.29) is 5.56 Å². The van der Waals surface area contributed by atoms with Crippen LogP contribution < -0.4 is 5.32 Å². The zero-order chi connectivity index (χ0) is 21.1. The highest BCUT2D eigenvalue weighted by Gasteiger charge is 2.25. The van der Waals surface area contributed by atoms with Gasteiger partial charge >= 0.3 is 5.97 Å². The molecular weight excluding hydrogens is 402 g/mol. The number of nitrogens with zero attached hydrogens (tertiary/aromatic N) is 2. The van der Waals surface area contributed by atoms with Crippen LogP contribution in [0.1, 0.15) is 45.0 Å². The van der Waals surface area contributed by atoms with Crippen molar-refractivity contribution in [2.45, 2.75) is 32.6 Å². The molecule has 2 aromatic heterocycles. The molecule has 0 atom stereocenters. The lowest BCUT2D eigenvalue weighted by atomic mass is 9.96. The van der Waals surface area contributed by atoms with Crippen molar-refractivity contribution in [3.05, 3.63) is 57.7 Å². The van der Waals surface area contributed by atoms with Gasteiger partial charge in [0.1, 0.15) is 28.1 Å². The van der Waals surface area contributed by atoms with Gasteiger partial charge in [0.2, 0.25) is 0 Å². The highest BCUT2D eigenvalue weighted by molar-refractivity contribution is 7.16. The third-order valence-corrected chi connectivity index (χ3v) is 6.19. The quantitative estimate of drug-likeness (QED) is 0.617. The Kier molecular flexibility index (Phi) is 5.63. The fourth-order valence-electron chi connectivity index (χ4n) is 3.54. The van der Waals surface area contributed by atoms with Crippen LogP contribution in [0.25, 0.3) is 11.3 Å². The first-order valence-corrected chi connectivity index (χ1v) is 10.4. The molecule has 8 heteroatoms. The van der Waals surface area contributed by atoms with E-state index >= 15 is 0 Å². The number of rotatable bonds is 5. The van der Waals surface area contributed by atoms with Crippen LogP contribution in [-0.4, -0.2) is 23.6 Å². The number of carbonyl (C=O) groups is 2. The third kappa shape index (κ3) is 3.84. The number of fused-ring (bicyclic) bond motifs is 1. The molecule has 1 amide bonds. The van der Waals surface area contributed by atoms with Crippen LogP contribution in [0.3, 0.4) is 0 Å². The van der Waals surface area contributed by atoms with Crippen molar-refractivity contribution in [1.82, 2.24) is 5.16 Å². The summed E-state index contributed by atoms with van der Waals surface area (Å²) in [6.45, 7) is 1.15. The summed E-state index contributed by atoms with van der Waals surface area (Å²) in [5.41, 5.74) is 2.84. The molecule has 2 heterocycles. The lowest BCUT2D eigenvalue weighted by molar-refractivity contribution is -0.119. The van der Waals surface area contributed by atoms with Gasteiger partial charge in [-0.1, -0.05) is 35.5 Å². The van der Waals surface area contributed by atoms with Gasteiger partial charge in [0.15, 0.2) is 6.61 Å². The minimum Gasteiger partial charge on any atom is -0.452 e. The summed E-state index contributed by atoms with van der Waals surface area (Å²) in [6, 6.07) is 11.3. The molecule has 0 unspecified atom stereocenters. The summed E-state index contributed by atoms with van der Waals surface area (Å²) in [5.74, 6) is -0.862. The maximum absolute atomic E-state index is 12.6. The van der Waals surface area contributed by atoms with Crippen molar-refractivity contribution >= 4 is 28.2 Å². The average Bonchev–Trinajstić information content (AvgIpc) is 3.32. The summed E-state index contributed by atoms with van der Waals surface area (Å²) in [6.07, 6.45) is 3.92. The molecule has 1 aliphatic carbocycles. The number of anilines is 1. The number of benzene rings is 1. The van der Waals surface area contributed by atoms with Crippen molar-refractivity contribution in [1.29, 1.82) is 5.26 Å². The molecule has 1 aliphatic rings. The first-order chi connectivity index (χ1) is 14.6. The zero-order valence-corrected chi connectivity index (χ0v) is 17.2. The minimum absolute atomic E-state index is 0.193. The van der Waals surface area contributed by atoms with Crippen LogP contribution in [0.2, 0.25) is 0 Å². The van der Waals surface area contributed by atoms with Gasteiger partial charge in [-0.25, -0.2) is 4.79 Å². The second-order valence-electron chi connectivity index (χ2n) is 6.98. The van der Waals surface area contributed by atoms with Crippen molar-refractivity contribution < 1.29 is 18.8 Å². The van der Waals surface area contributed by atoms with E-state index in [0.717, 1.165) is 36.1 Å². The van der Waals surface area contributed by atoms with E-state index in [9.17, 15) is 14.9 Å². The zero-order valence-electron chi connectivity index (χ0n) is 16.4. The molecule has 0 fully saturated rings. The van der Waals surface area contributed by atoms with Crippen molar-refractivity contribution in [3.8, 4) is 17.3 Å². The highest BCUT2D eigenvalue weighted by atomic mass is 32.1. The van der Waals surface area contributed by atoms with Gasteiger partial charge in [-0.05, 0) is 38.2 Å². The molecule has 4 rings (SSSR count). The molecule has 3 aromatic rings. The summed E-state index contributed by atoms with van der Waals surface area (Å²) in [5, 5.41) is 16.7.